The van der Waals surface area contributed by atoms with Gasteiger partial charge in [-0.05, 0) is 55.0 Å². The number of hydrogen-bond donors (Lipinski definition) is 0. The predicted octanol–water partition coefficient (Wildman–Crippen LogP) is 3.03. The molecule has 5 heteroatoms. The number of likely N-dealkylation sites (N-methyl/N-ethyl adjacent to an activating group) is 1. The summed E-state index contributed by atoms with van der Waals surface area (Å²) < 4.78 is 0. The molecule has 3 rings (SSSR count). The number of hydrogen-bond acceptors (Lipinski definition) is 4. The summed E-state index contributed by atoms with van der Waals surface area (Å²) >= 11 is 0. The molecule has 0 aliphatic carbocycles. The number of piperidine rings is 1. The van der Waals surface area contributed by atoms with E-state index < -0.39 is 0 Å². The van der Waals surface area contributed by atoms with Gasteiger partial charge in [0.05, 0.1) is 0 Å². The summed E-state index contributed by atoms with van der Waals surface area (Å²) in [6, 6.07) is 7.94. The lowest BCUT2D eigenvalue weighted by Gasteiger charge is -2.30. The van der Waals surface area contributed by atoms with Gasteiger partial charge in [0.15, 0.2) is 0 Å². The van der Waals surface area contributed by atoms with Crippen LogP contribution in [0.3, 0.4) is 0 Å². The van der Waals surface area contributed by atoms with E-state index in [-0.39, 0.29) is 5.91 Å². The highest BCUT2D eigenvalue weighted by Crippen LogP contribution is 2.19. The maximum absolute atomic E-state index is 12.7. The molecule has 1 atom stereocenters. The Morgan fingerprint density at radius 3 is 2.84 bits per heavy atom. The van der Waals surface area contributed by atoms with Crippen molar-refractivity contribution < 1.29 is 4.79 Å². The Morgan fingerprint density at radius 1 is 1.28 bits per heavy atom. The van der Waals surface area contributed by atoms with Crippen LogP contribution in [-0.4, -0.2) is 47.5 Å². The van der Waals surface area contributed by atoms with Crippen molar-refractivity contribution in [1.82, 2.24) is 14.9 Å². The first kappa shape index (κ1) is 17.4. The summed E-state index contributed by atoms with van der Waals surface area (Å²) in [7, 11) is 2.05. The van der Waals surface area contributed by atoms with Crippen molar-refractivity contribution >= 4 is 11.6 Å². The van der Waals surface area contributed by atoms with Crippen molar-refractivity contribution in [1.29, 1.82) is 0 Å². The monoisotopic (exact) mass is 338 g/mol. The summed E-state index contributed by atoms with van der Waals surface area (Å²) in [6.45, 7) is 4.76. The van der Waals surface area contributed by atoms with Gasteiger partial charge in [-0.2, -0.15) is 0 Å². The molecular weight excluding hydrogens is 312 g/mol. The van der Waals surface area contributed by atoms with E-state index in [0.29, 0.717) is 11.6 Å². The zero-order valence-corrected chi connectivity index (χ0v) is 15.1. The minimum Gasteiger partial charge on any atom is -0.374 e. The van der Waals surface area contributed by atoms with Gasteiger partial charge < -0.3 is 9.80 Å². The van der Waals surface area contributed by atoms with Crippen molar-refractivity contribution in [3.05, 3.63) is 54.1 Å². The third-order valence-electron chi connectivity index (χ3n) is 4.83. The highest BCUT2D eigenvalue weighted by molar-refractivity contribution is 5.93. The first-order valence-corrected chi connectivity index (χ1v) is 8.99. The van der Waals surface area contributed by atoms with E-state index in [9.17, 15) is 4.79 Å². The number of likely N-dealkylation sites (tertiary alicyclic amines) is 1. The second-order valence-electron chi connectivity index (χ2n) is 6.92. The third kappa shape index (κ3) is 4.56. The summed E-state index contributed by atoms with van der Waals surface area (Å²) in [4.78, 5) is 25.2. The molecule has 0 N–H and O–H groups in total. The van der Waals surface area contributed by atoms with Crippen LogP contribution in [0.4, 0.5) is 5.69 Å². The Hall–Kier alpha value is -2.43. The zero-order chi connectivity index (χ0) is 17.6. The molecule has 5 nitrogen and oxygen atoms in total. The molecule has 1 aliphatic rings. The van der Waals surface area contributed by atoms with E-state index >= 15 is 0 Å². The molecule has 0 aromatic carbocycles. The van der Waals surface area contributed by atoms with Crippen LogP contribution in [0.2, 0.25) is 0 Å². The van der Waals surface area contributed by atoms with Gasteiger partial charge in [-0.3, -0.25) is 14.8 Å². The number of carbonyl (C=O) groups is 1. The average molecular weight is 338 g/mol. The topological polar surface area (TPSA) is 49.3 Å². The normalized spacial score (nSPS) is 17.4. The van der Waals surface area contributed by atoms with Crippen molar-refractivity contribution in [2.24, 2.45) is 5.92 Å². The molecule has 25 heavy (non-hydrogen) atoms. The lowest BCUT2D eigenvalue weighted by Crippen LogP contribution is -2.39. The number of amides is 1. The molecule has 2 aromatic heterocycles. The lowest BCUT2D eigenvalue weighted by atomic mass is 10.00. The fourth-order valence-corrected chi connectivity index (χ4v) is 3.29. The number of nitrogens with zero attached hydrogens (tertiary/aromatic N) is 4. The third-order valence-corrected chi connectivity index (χ3v) is 4.83. The molecule has 1 unspecified atom stereocenters. The van der Waals surface area contributed by atoms with E-state index in [2.05, 4.69) is 21.8 Å². The number of pyridine rings is 2. The van der Waals surface area contributed by atoms with Crippen LogP contribution < -0.4 is 4.90 Å². The summed E-state index contributed by atoms with van der Waals surface area (Å²) in [5.74, 6) is 0.625. The van der Waals surface area contributed by atoms with E-state index in [1.54, 1.807) is 6.20 Å². The number of anilines is 1. The Morgan fingerprint density at radius 2 is 2.08 bits per heavy atom. The van der Waals surface area contributed by atoms with E-state index in [1.165, 1.54) is 12.0 Å². The number of aromatic nitrogens is 2. The fourth-order valence-electron chi connectivity index (χ4n) is 3.29. The molecule has 0 radical (unpaired) electrons. The van der Waals surface area contributed by atoms with E-state index in [1.807, 2.05) is 48.6 Å². The Balaban J connectivity index is 1.65. The predicted molar refractivity (Wildman–Crippen MR) is 99.7 cm³/mol. The molecule has 1 saturated heterocycles. The summed E-state index contributed by atoms with van der Waals surface area (Å²) in [5, 5.41) is 0. The minimum absolute atomic E-state index is 0.0518. The molecule has 1 fully saturated rings. The standard InChI is InChI=1S/C20H26N4O/c1-16-4-3-12-24(15-16)20(25)19-14-18(7-11-22-19)23(2)13-8-17-5-9-21-10-6-17/h5-7,9-11,14,16H,3-4,8,12-13,15H2,1-2H3. The number of rotatable bonds is 5. The summed E-state index contributed by atoms with van der Waals surface area (Å²) in [5.41, 5.74) is 2.83. The van der Waals surface area contributed by atoms with Gasteiger partial charge in [0.1, 0.15) is 5.69 Å². The quantitative estimate of drug-likeness (QED) is 0.841. The van der Waals surface area contributed by atoms with Gasteiger partial charge in [-0.25, -0.2) is 0 Å². The van der Waals surface area contributed by atoms with Crippen molar-refractivity contribution in [3.8, 4) is 0 Å². The maximum atomic E-state index is 12.7. The van der Waals surface area contributed by atoms with Crippen LogP contribution in [0, 0.1) is 5.92 Å². The first-order chi connectivity index (χ1) is 12.1. The van der Waals surface area contributed by atoms with Gasteiger partial charge in [-0.1, -0.05) is 6.92 Å². The van der Waals surface area contributed by atoms with Crippen LogP contribution >= 0.6 is 0 Å². The molecular formula is C20H26N4O. The highest BCUT2D eigenvalue weighted by Gasteiger charge is 2.23. The molecule has 132 valence electrons. The smallest absolute Gasteiger partial charge is 0.272 e. The molecule has 1 aliphatic heterocycles. The summed E-state index contributed by atoms with van der Waals surface area (Å²) in [6.07, 6.45) is 8.59. The van der Waals surface area contributed by atoms with Gasteiger partial charge in [-0.15, -0.1) is 0 Å². The maximum Gasteiger partial charge on any atom is 0.272 e. The fraction of sp³-hybridized carbons (Fsp3) is 0.450. The Labute approximate surface area is 149 Å². The second-order valence-corrected chi connectivity index (χ2v) is 6.92. The van der Waals surface area contributed by atoms with Gasteiger partial charge in [0.25, 0.3) is 5.91 Å². The molecule has 0 spiro atoms. The molecule has 0 bridgehead atoms. The van der Waals surface area contributed by atoms with Gasteiger partial charge in [0.2, 0.25) is 0 Å². The molecule has 0 saturated carbocycles. The average Bonchev–Trinajstić information content (AvgIpc) is 2.66. The molecule has 3 heterocycles. The SMILES string of the molecule is CC1CCCN(C(=O)c2cc(N(C)CCc3ccncc3)ccn2)C1. The highest BCUT2D eigenvalue weighted by atomic mass is 16.2. The van der Waals surface area contributed by atoms with Gasteiger partial charge in [0, 0.05) is 51.0 Å². The lowest BCUT2D eigenvalue weighted by molar-refractivity contribution is 0.0677. The molecule has 2 aromatic rings. The van der Waals surface area contributed by atoms with Crippen molar-refractivity contribution in [2.45, 2.75) is 26.2 Å². The van der Waals surface area contributed by atoms with E-state index in [0.717, 1.165) is 38.2 Å². The minimum atomic E-state index is 0.0518. The Kier molecular flexibility index (Phi) is 5.64. The van der Waals surface area contributed by atoms with Crippen LogP contribution in [0.25, 0.3) is 0 Å². The largest absolute Gasteiger partial charge is 0.374 e. The first-order valence-electron chi connectivity index (χ1n) is 8.99. The number of carbonyl (C=O) groups excluding carboxylic acids is 1. The van der Waals surface area contributed by atoms with Crippen LogP contribution in [0.1, 0.15) is 35.8 Å². The van der Waals surface area contributed by atoms with Gasteiger partial charge >= 0.3 is 0 Å². The van der Waals surface area contributed by atoms with Crippen molar-refractivity contribution in [3.63, 3.8) is 0 Å². The van der Waals surface area contributed by atoms with E-state index in [4.69, 9.17) is 0 Å². The Bertz CT molecular complexity index is 704. The second kappa shape index (κ2) is 8.10. The van der Waals surface area contributed by atoms with Crippen LogP contribution in [-0.2, 0) is 6.42 Å². The van der Waals surface area contributed by atoms with Crippen molar-refractivity contribution in [2.75, 3.05) is 31.6 Å². The van der Waals surface area contributed by atoms with Crippen LogP contribution in [0.15, 0.2) is 42.9 Å². The van der Waals surface area contributed by atoms with Crippen LogP contribution in [0.5, 0.6) is 0 Å². The molecule has 1 amide bonds. The zero-order valence-electron chi connectivity index (χ0n) is 15.1.